The molecule has 138 valence electrons. The number of hydrogen-bond donors (Lipinski definition) is 2. The molecule has 7 nitrogen and oxygen atoms in total. The van der Waals surface area contributed by atoms with Crippen molar-refractivity contribution in [2.45, 2.75) is 25.8 Å². The average Bonchev–Trinajstić information content (AvgIpc) is 3.02. The molecular formula is C20H20N4O3. The van der Waals surface area contributed by atoms with Crippen LogP contribution in [0, 0.1) is 5.92 Å². The highest BCUT2D eigenvalue weighted by Crippen LogP contribution is 2.37. The molecule has 2 aliphatic heterocycles. The number of fused-ring (bicyclic) bond motifs is 5. The van der Waals surface area contributed by atoms with Gasteiger partial charge < -0.3 is 19.4 Å². The van der Waals surface area contributed by atoms with E-state index in [-0.39, 0.29) is 23.1 Å². The highest BCUT2D eigenvalue weighted by Gasteiger charge is 2.35. The smallest absolute Gasteiger partial charge is 0.323 e. The van der Waals surface area contributed by atoms with Crippen molar-refractivity contribution < 1.29 is 4.79 Å². The van der Waals surface area contributed by atoms with E-state index in [9.17, 15) is 14.4 Å². The number of para-hydroxylation sites is 1. The lowest BCUT2D eigenvalue weighted by molar-refractivity contribution is -0.131. The van der Waals surface area contributed by atoms with Crippen LogP contribution in [0.25, 0.3) is 22.2 Å². The zero-order valence-corrected chi connectivity index (χ0v) is 15.0. The minimum Gasteiger partial charge on any atom is -0.342 e. The van der Waals surface area contributed by atoms with Crippen molar-refractivity contribution >= 4 is 16.9 Å². The van der Waals surface area contributed by atoms with E-state index in [1.54, 1.807) is 13.0 Å². The van der Waals surface area contributed by atoms with Crippen LogP contribution in [0.5, 0.6) is 0 Å². The number of likely N-dealkylation sites (tertiary alicyclic amines) is 1. The maximum Gasteiger partial charge on any atom is 0.323 e. The zero-order valence-electron chi connectivity index (χ0n) is 15.0. The summed E-state index contributed by atoms with van der Waals surface area (Å²) >= 11 is 0. The molecule has 0 radical (unpaired) electrons. The molecule has 1 amide bonds. The first-order valence-electron chi connectivity index (χ1n) is 9.21. The highest BCUT2D eigenvalue weighted by molar-refractivity contribution is 5.91. The largest absolute Gasteiger partial charge is 0.342 e. The molecule has 2 bridgehead atoms. The van der Waals surface area contributed by atoms with Gasteiger partial charge in [-0.15, -0.1) is 0 Å². The van der Waals surface area contributed by atoms with E-state index in [1.165, 1.54) is 0 Å². The number of carbonyl (C=O) groups excluding carboxylic acids is 1. The third kappa shape index (κ3) is 2.53. The SMILES string of the molecule is CC(=O)N1C[C@@H]2C[C@H](C1)c1cc(-c3cccc4[nH]c(=O)[nH]c34)cc(=O)n1C2. The second-order valence-electron chi connectivity index (χ2n) is 7.65. The van der Waals surface area contributed by atoms with Crippen molar-refractivity contribution in [3.05, 3.63) is 56.9 Å². The summed E-state index contributed by atoms with van der Waals surface area (Å²) in [6.45, 7) is 3.64. The first-order chi connectivity index (χ1) is 13.0. The molecule has 5 rings (SSSR count). The molecule has 0 aliphatic carbocycles. The van der Waals surface area contributed by atoms with Gasteiger partial charge >= 0.3 is 5.69 Å². The molecule has 2 aromatic heterocycles. The Morgan fingerprint density at radius 2 is 1.96 bits per heavy atom. The van der Waals surface area contributed by atoms with Crippen molar-refractivity contribution in [3.63, 3.8) is 0 Å². The molecular weight excluding hydrogens is 344 g/mol. The highest BCUT2D eigenvalue weighted by atomic mass is 16.2. The van der Waals surface area contributed by atoms with Crippen LogP contribution in [0.3, 0.4) is 0 Å². The van der Waals surface area contributed by atoms with Crippen LogP contribution in [-0.4, -0.2) is 38.4 Å². The third-order valence-corrected chi connectivity index (χ3v) is 5.86. The van der Waals surface area contributed by atoms with Gasteiger partial charge in [-0.3, -0.25) is 9.59 Å². The predicted octanol–water partition coefficient (Wildman–Crippen LogP) is 1.65. The van der Waals surface area contributed by atoms with E-state index in [0.717, 1.165) is 35.3 Å². The minimum absolute atomic E-state index is 0.0247. The maximum atomic E-state index is 12.8. The Balaban J connectivity index is 1.66. The lowest BCUT2D eigenvalue weighted by Gasteiger charge is -2.42. The minimum atomic E-state index is -0.264. The molecule has 2 N–H and O–H groups in total. The molecule has 3 aromatic rings. The van der Waals surface area contributed by atoms with Crippen molar-refractivity contribution in [2.24, 2.45) is 5.92 Å². The fourth-order valence-electron chi connectivity index (χ4n) is 4.67. The monoisotopic (exact) mass is 364 g/mol. The van der Waals surface area contributed by atoms with E-state index in [2.05, 4.69) is 9.97 Å². The van der Waals surface area contributed by atoms with Gasteiger partial charge in [-0.05, 0) is 30.0 Å². The summed E-state index contributed by atoms with van der Waals surface area (Å²) in [5.41, 5.74) is 3.74. The first-order valence-corrected chi connectivity index (χ1v) is 9.21. The van der Waals surface area contributed by atoms with Gasteiger partial charge in [0.1, 0.15) is 0 Å². The van der Waals surface area contributed by atoms with E-state index in [0.29, 0.717) is 24.5 Å². The van der Waals surface area contributed by atoms with Gasteiger partial charge in [0, 0.05) is 49.8 Å². The molecule has 0 saturated carbocycles. The normalized spacial score (nSPS) is 21.3. The fraction of sp³-hybridized carbons (Fsp3) is 0.350. The number of rotatable bonds is 1. The lowest BCUT2D eigenvalue weighted by Crippen LogP contribution is -2.48. The number of aromatic amines is 2. The number of nitrogens with zero attached hydrogens (tertiary/aromatic N) is 2. The van der Waals surface area contributed by atoms with Crippen LogP contribution in [0.2, 0.25) is 0 Å². The number of nitrogens with one attached hydrogen (secondary N) is 2. The van der Waals surface area contributed by atoms with Crippen LogP contribution in [0.4, 0.5) is 0 Å². The lowest BCUT2D eigenvalue weighted by atomic mass is 9.82. The van der Waals surface area contributed by atoms with Crippen LogP contribution in [0.1, 0.15) is 25.0 Å². The van der Waals surface area contributed by atoms with Crippen LogP contribution >= 0.6 is 0 Å². The summed E-state index contributed by atoms with van der Waals surface area (Å²) in [5, 5.41) is 0. The second kappa shape index (κ2) is 5.70. The van der Waals surface area contributed by atoms with Gasteiger partial charge in [-0.1, -0.05) is 12.1 Å². The molecule has 0 unspecified atom stereocenters. The molecule has 27 heavy (non-hydrogen) atoms. The number of amides is 1. The Hall–Kier alpha value is -3.09. The Labute approximate surface area is 154 Å². The molecule has 2 atom stereocenters. The van der Waals surface area contributed by atoms with Gasteiger partial charge in [0.15, 0.2) is 0 Å². The summed E-state index contributed by atoms with van der Waals surface area (Å²) in [5.74, 6) is 0.581. The second-order valence-corrected chi connectivity index (χ2v) is 7.65. The standard InChI is InChI=1S/C20H20N4O3/c1-11(25)23-8-12-5-14(10-23)17-6-13(7-18(26)24(17)9-12)15-3-2-4-16-19(15)22-20(27)21-16/h2-4,6-7,12,14H,5,8-10H2,1H3,(H2,21,22,27)/t12-,14+/m0/s1. The molecule has 1 aromatic carbocycles. The van der Waals surface area contributed by atoms with Gasteiger partial charge in [0.05, 0.1) is 11.0 Å². The average molecular weight is 364 g/mol. The summed E-state index contributed by atoms with van der Waals surface area (Å²) < 4.78 is 1.86. The van der Waals surface area contributed by atoms with Crippen molar-refractivity contribution in [2.75, 3.05) is 13.1 Å². The van der Waals surface area contributed by atoms with E-state index in [4.69, 9.17) is 0 Å². The molecule has 7 heteroatoms. The summed E-state index contributed by atoms with van der Waals surface area (Å²) in [6, 6.07) is 9.30. The molecule has 1 fully saturated rings. The summed E-state index contributed by atoms with van der Waals surface area (Å²) in [6.07, 6.45) is 0.998. The van der Waals surface area contributed by atoms with Gasteiger partial charge in [-0.25, -0.2) is 4.79 Å². The van der Waals surface area contributed by atoms with Gasteiger partial charge in [0.25, 0.3) is 5.56 Å². The van der Waals surface area contributed by atoms with Crippen LogP contribution in [0.15, 0.2) is 39.9 Å². The molecule has 4 heterocycles. The maximum absolute atomic E-state index is 12.8. The van der Waals surface area contributed by atoms with Crippen molar-refractivity contribution in [1.29, 1.82) is 0 Å². The summed E-state index contributed by atoms with van der Waals surface area (Å²) in [4.78, 5) is 43.9. The summed E-state index contributed by atoms with van der Waals surface area (Å²) in [7, 11) is 0. The quantitative estimate of drug-likeness (QED) is 0.688. The van der Waals surface area contributed by atoms with Crippen molar-refractivity contribution in [1.82, 2.24) is 19.4 Å². The first kappa shape index (κ1) is 16.1. The number of carbonyl (C=O) groups is 1. The Morgan fingerprint density at radius 3 is 2.78 bits per heavy atom. The molecule has 2 aliphatic rings. The number of piperidine rings is 1. The van der Waals surface area contributed by atoms with E-state index in [1.807, 2.05) is 33.7 Å². The van der Waals surface area contributed by atoms with Crippen LogP contribution in [-0.2, 0) is 11.3 Å². The Morgan fingerprint density at radius 1 is 1.11 bits per heavy atom. The van der Waals surface area contributed by atoms with Gasteiger partial charge in [-0.2, -0.15) is 0 Å². The predicted molar refractivity (Wildman–Crippen MR) is 102 cm³/mol. The van der Waals surface area contributed by atoms with Gasteiger partial charge in [0.2, 0.25) is 5.91 Å². The zero-order chi connectivity index (χ0) is 18.7. The Bertz CT molecular complexity index is 1190. The number of aromatic nitrogens is 3. The van der Waals surface area contributed by atoms with Crippen molar-refractivity contribution in [3.8, 4) is 11.1 Å². The van der Waals surface area contributed by atoms with E-state index >= 15 is 0 Å². The van der Waals surface area contributed by atoms with E-state index < -0.39 is 0 Å². The number of hydrogen-bond acceptors (Lipinski definition) is 3. The topological polar surface area (TPSA) is 91.0 Å². The Kier molecular flexibility index (Phi) is 3.40. The fourth-order valence-corrected chi connectivity index (χ4v) is 4.67. The number of imidazole rings is 1. The number of pyridine rings is 1. The third-order valence-electron chi connectivity index (χ3n) is 5.86. The number of H-pyrrole nitrogens is 2. The number of benzene rings is 1. The molecule has 0 spiro atoms. The molecule has 1 saturated heterocycles. The van der Waals surface area contributed by atoms with Crippen LogP contribution < -0.4 is 11.2 Å².